The number of likely N-dealkylation sites (N-methyl/N-ethyl adjacent to an activating group) is 1. The van der Waals surface area contributed by atoms with Gasteiger partial charge in [0.1, 0.15) is 5.75 Å². The smallest absolute Gasteiger partial charge is 0.339 e. The second-order valence-electron chi connectivity index (χ2n) is 10.4. The summed E-state index contributed by atoms with van der Waals surface area (Å²) >= 11 is 0. The molecule has 1 amide bonds. The first-order valence-corrected chi connectivity index (χ1v) is 12.9. The molecule has 0 fully saturated rings. The fraction of sp³-hybridized carbons (Fsp3) is 0.400. The number of nitrogens with zero attached hydrogens (tertiary/aromatic N) is 2. The van der Waals surface area contributed by atoms with Gasteiger partial charge in [0, 0.05) is 36.3 Å². The van der Waals surface area contributed by atoms with Gasteiger partial charge in [-0.3, -0.25) is 9.78 Å². The second kappa shape index (κ2) is 12.7. The van der Waals surface area contributed by atoms with Crippen molar-refractivity contribution in [3.8, 4) is 5.75 Å². The van der Waals surface area contributed by atoms with Crippen LogP contribution >= 0.6 is 0 Å². The summed E-state index contributed by atoms with van der Waals surface area (Å²) < 4.78 is 11.9. The van der Waals surface area contributed by atoms with Gasteiger partial charge in [-0.1, -0.05) is 12.1 Å². The van der Waals surface area contributed by atoms with Crippen LogP contribution in [0.3, 0.4) is 0 Å². The standard InChI is InChI=1S/C30H38N4O5/c1-19-22-11-9-15-38-25(22)13-12-23(19)26(24(16-31)20(2)33-17-21-10-7-8-14-32-21)27(34(6)18-35)28(29(36)37)39-30(3,4)5/h7-8,10,12-14,16,18,28,31,33H,9,11,15,17H2,1-6H3,(H,36,37)/b24-20+,27-26-,31-16?. The number of rotatable bonds is 11. The molecule has 9 nitrogen and oxygen atoms in total. The van der Waals surface area contributed by atoms with Crippen molar-refractivity contribution in [3.63, 3.8) is 0 Å². The van der Waals surface area contributed by atoms with Crippen LogP contribution in [0.4, 0.5) is 0 Å². The Morgan fingerprint density at radius 3 is 2.64 bits per heavy atom. The first-order valence-electron chi connectivity index (χ1n) is 12.9. The van der Waals surface area contributed by atoms with Crippen molar-refractivity contribution < 1.29 is 24.2 Å². The summed E-state index contributed by atoms with van der Waals surface area (Å²) in [7, 11) is 1.50. The number of carbonyl (C=O) groups excluding carboxylic acids is 1. The lowest BCUT2D eigenvalue weighted by atomic mass is 9.86. The SMILES string of the molecule is C/C(NCc1ccccn1)=C(C=N)\C(=C(\C(OC(C)(C)C)C(=O)O)N(C)C=O)c1ccc2c(c1C)CCCO2. The highest BCUT2D eigenvalue weighted by atomic mass is 16.5. The Bertz CT molecular complexity index is 1280. The molecule has 0 bridgehead atoms. The Morgan fingerprint density at radius 1 is 1.31 bits per heavy atom. The van der Waals surface area contributed by atoms with Crippen molar-refractivity contribution >= 4 is 24.2 Å². The number of benzene rings is 1. The molecule has 1 aromatic heterocycles. The summed E-state index contributed by atoms with van der Waals surface area (Å²) in [5.41, 5.74) is 4.20. The molecule has 3 rings (SSSR count). The quantitative estimate of drug-likeness (QED) is 0.220. The Labute approximate surface area is 230 Å². The highest BCUT2D eigenvalue weighted by Crippen LogP contribution is 2.39. The molecule has 0 radical (unpaired) electrons. The zero-order chi connectivity index (χ0) is 28.7. The summed E-state index contributed by atoms with van der Waals surface area (Å²) in [6, 6.07) is 9.34. The number of aliphatic carboxylic acids is 1. The van der Waals surface area contributed by atoms with Crippen LogP contribution in [-0.2, 0) is 27.3 Å². The van der Waals surface area contributed by atoms with Crippen LogP contribution in [0.25, 0.3) is 5.57 Å². The molecule has 1 aromatic carbocycles. The molecule has 0 spiro atoms. The Kier molecular flexibility index (Phi) is 9.64. The van der Waals surface area contributed by atoms with Crippen LogP contribution in [-0.4, -0.2) is 58.9 Å². The normalized spacial score (nSPS) is 15.1. The van der Waals surface area contributed by atoms with Crippen LogP contribution in [0, 0.1) is 12.3 Å². The van der Waals surface area contributed by atoms with Crippen LogP contribution in [0.5, 0.6) is 5.75 Å². The molecule has 2 aromatic rings. The average Bonchev–Trinajstić information content (AvgIpc) is 2.91. The highest BCUT2D eigenvalue weighted by molar-refractivity contribution is 6.04. The molecular formula is C30H38N4O5. The first kappa shape index (κ1) is 29.6. The molecule has 1 unspecified atom stereocenters. The van der Waals surface area contributed by atoms with Gasteiger partial charge in [0.05, 0.1) is 30.1 Å². The van der Waals surface area contributed by atoms with E-state index in [0.29, 0.717) is 42.0 Å². The van der Waals surface area contributed by atoms with E-state index in [2.05, 4.69) is 10.3 Å². The fourth-order valence-electron chi connectivity index (χ4n) is 4.62. The molecule has 3 N–H and O–H groups in total. The predicted octanol–water partition coefficient (Wildman–Crippen LogP) is 4.50. The molecule has 1 atom stereocenters. The van der Waals surface area contributed by atoms with Gasteiger partial charge in [-0.05, 0) is 82.3 Å². The summed E-state index contributed by atoms with van der Waals surface area (Å²) in [4.78, 5) is 30.5. The summed E-state index contributed by atoms with van der Waals surface area (Å²) in [6.07, 6.45) is 3.63. The minimum Gasteiger partial charge on any atom is -0.493 e. The number of hydrogen-bond acceptors (Lipinski definition) is 7. The summed E-state index contributed by atoms with van der Waals surface area (Å²) in [6.45, 7) is 10.1. The van der Waals surface area contributed by atoms with E-state index in [1.54, 1.807) is 27.0 Å². The number of allylic oxidation sites excluding steroid dienone is 3. The Balaban J connectivity index is 2.36. The third kappa shape index (κ3) is 7.11. The van der Waals surface area contributed by atoms with E-state index >= 15 is 0 Å². The van der Waals surface area contributed by atoms with Gasteiger partial charge in [0.25, 0.3) is 0 Å². The van der Waals surface area contributed by atoms with E-state index in [-0.39, 0.29) is 5.70 Å². The first-order chi connectivity index (χ1) is 18.5. The maximum absolute atomic E-state index is 12.7. The Hall–Kier alpha value is -3.98. The molecule has 2 heterocycles. The van der Waals surface area contributed by atoms with E-state index in [1.165, 1.54) is 18.2 Å². The zero-order valence-electron chi connectivity index (χ0n) is 23.5. The number of carbonyl (C=O) groups is 2. The number of aromatic nitrogens is 1. The lowest BCUT2D eigenvalue weighted by Gasteiger charge is -2.32. The van der Waals surface area contributed by atoms with Gasteiger partial charge in [0.15, 0.2) is 6.10 Å². The third-order valence-electron chi connectivity index (χ3n) is 6.47. The average molecular weight is 535 g/mol. The minimum atomic E-state index is -1.49. The molecule has 208 valence electrons. The molecule has 1 aliphatic rings. The van der Waals surface area contributed by atoms with Crippen LogP contribution in [0.2, 0.25) is 0 Å². The number of hydrogen-bond donors (Lipinski definition) is 3. The maximum atomic E-state index is 12.7. The number of amides is 1. The summed E-state index contributed by atoms with van der Waals surface area (Å²) in [5.74, 6) is -0.452. The molecule has 0 saturated carbocycles. The van der Waals surface area contributed by atoms with Crippen LogP contribution in [0.15, 0.2) is 53.5 Å². The number of carboxylic acids is 1. The van der Waals surface area contributed by atoms with Crippen molar-refractivity contribution in [2.75, 3.05) is 13.7 Å². The van der Waals surface area contributed by atoms with E-state index in [1.807, 2.05) is 44.2 Å². The zero-order valence-corrected chi connectivity index (χ0v) is 23.5. The highest BCUT2D eigenvalue weighted by Gasteiger charge is 2.35. The lowest BCUT2D eigenvalue weighted by Crippen LogP contribution is -2.40. The van der Waals surface area contributed by atoms with E-state index in [9.17, 15) is 14.7 Å². The minimum absolute atomic E-state index is 0.129. The molecule has 39 heavy (non-hydrogen) atoms. The van der Waals surface area contributed by atoms with Crippen molar-refractivity contribution in [3.05, 3.63) is 75.9 Å². The second-order valence-corrected chi connectivity index (χ2v) is 10.4. The van der Waals surface area contributed by atoms with Gasteiger partial charge >= 0.3 is 5.97 Å². The molecule has 9 heteroatoms. The monoisotopic (exact) mass is 534 g/mol. The fourth-order valence-corrected chi connectivity index (χ4v) is 4.62. The molecular weight excluding hydrogens is 496 g/mol. The van der Waals surface area contributed by atoms with E-state index in [0.717, 1.165) is 35.4 Å². The molecule has 1 aliphatic heterocycles. The van der Waals surface area contributed by atoms with E-state index < -0.39 is 17.7 Å². The Morgan fingerprint density at radius 2 is 2.05 bits per heavy atom. The molecule has 0 aliphatic carbocycles. The number of carboxylic acid groups (broad SMARTS) is 1. The van der Waals surface area contributed by atoms with Crippen LogP contribution in [0.1, 0.15) is 56.5 Å². The molecule has 0 saturated heterocycles. The number of ether oxygens (including phenoxy) is 2. The number of nitrogens with one attached hydrogen (secondary N) is 2. The predicted molar refractivity (Wildman–Crippen MR) is 151 cm³/mol. The van der Waals surface area contributed by atoms with Gasteiger partial charge in [0.2, 0.25) is 6.41 Å². The van der Waals surface area contributed by atoms with Crippen molar-refractivity contribution in [2.45, 2.75) is 65.7 Å². The van der Waals surface area contributed by atoms with Crippen molar-refractivity contribution in [2.24, 2.45) is 0 Å². The largest absolute Gasteiger partial charge is 0.493 e. The lowest BCUT2D eigenvalue weighted by molar-refractivity contribution is -0.157. The van der Waals surface area contributed by atoms with Crippen molar-refractivity contribution in [1.82, 2.24) is 15.2 Å². The number of fused-ring (bicyclic) bond motifs is 1. The van der Waals surface area contributed by atoms with Gasteiger partial charge in [-0.15, -0.1) is 0 Å². The van der Waals surface area contributed by atoms with Crippen molar-refractivity contribution in [1.29, 1.82) is 5.41 Å². The van der Waals surface area contributed by atoms with E-state index in [4.69, 9.17) is 14.9 Å². The topological polar surface area (TPSA) is 125 Å². The number of pyridine rings is 1. The van der Waals surface area contributed by atoms with Gasteiger partial charge in [-0.25, -0.2) is 4.79 Å². The van der Waals surface area contributed by atoms with Gasteiger partial charge < -0.3 is 30.2 Å². The maximum Gasteiger partial charge on any atom is 0.339 e. The third-order valence-corrected chi connectivity index (χ3v) is 6.47. The summed E-state index contributed by atoms with van der Waals surface area (Å²) in [5, 5.41) is 22.1. The van der Waals surface area contributed by atoms with Crippen LogP contribution < -0.4 is 10.1 Å². The van der Waals surface area contributed by atoms with Gasteiger partial charge in [-0.2, -0.15) is 0 Å².